The molecule has 0 aromatic rings. The van der Waals surface area contributed by atoms with Crippen LogP contribution < -0.4 is 10.6 Å². The Morgan fingerprint density at radius 2 is 2.17 bits per heavy atom. The number of halogens is 3. The van der Waals surface area contributed by atoms with Crippen LogP contribution in [0.3, 0.4) is 0 Å². The van der Waals surface area contributed by atoms with Crippen molar-refractivity contribution < 1.29 is 18.0 Å². The fourth-order valence-electron chi connectivity index (χ4n) is 2.04. The van der Waals surface area contributed by atoms with Gasteiger partial charge in [0.2, 0.25) is 5.91 Å². The van der Waals surface area contributed by atoms with Gasteiger partial charge in [0.15, 0.2) is 0 Å². The van der Waals surface area contributed by atoms with Crippen LogP contribution in [-0.2, 0) is 4.79 Å². The third-order valence-corrected chi connectivity index (χ3v) is 2.90. The zero-order valence-corrected chi connectivity index (χ0v) is 10.5. The van der Waals surface area contributed by atoms with Crippen molar-refractivity contribution in [3.8, 4) is 0 Å². The SMILES string of the molecule is CCNCC(=O)NCC1CCN(CC(F)(F)F)C1. The largest absolute Gasteiger partial charge is 0.401 e. The molecule has 0 aliphatic carbocycles. The zero-order chi connectivity index (χ0) is 13.6. The molecule has 18 heavy (non-hydrogen) atoms. The number of likely N-dealkylation sites (N-methyl/N-ethyl adjacent to an activating group) is 1. The molecule has 1 heterocycles. The van der Waals surface area contributed by atoms with E-state index in [1.54, 1.807) is 0 Å². The van der Waals surface area contributed by atoms with Gasteiger partial charge in [-0.3, -0.25) is 9.69 Å². The summed E-state index contributed by atoms with van der Waals surface area (Å²) < 4.78 is 36.5. The first-order valence-electron chi connectivity index (χ1n) is 6.17. The van der Waals surface area contributed by atoms with Gasteiger partial charge in [0.1, 0.15) is 0 Å². The first-order chi connectivity index (χ1) is 8.40. The molecule has 1 aliphatic rings. The van der Waals surface area contributed by atoms with Crippen LogP contribution in [-0.4, -0.2) is 56.3 Å². The quantitative estimate of drug-likeness (QED) is 0.740. The minimum absolute atomic E-state index is 0.105. The lowest BCUT2D eigenvalue weighted by Crippen LogP contribution is -2.38. The Kier molecular flexibility index (Phi) is 5.87. The number of amides is 1. The van der Waals surface area contributed by atoms with E-state index in [0.29, 0.717) is 26.1 Å². The van der Waals surface area contributed by atoms with E-state index in [0.717, 1.165) is 6.54 Å². The maximum Gasteiger partial charge on any atom is 0.401 e. The van der Waals surface area contributed by atoms with Gasteiger partial charge in [0.05, 0.1) is 13.1 Å². The van der Waals surface area contributed by atoms with E-state index >= 15 is 0 Å². The van der Waals surface area contributed by atoms with E-state index in [4.69, 9.17) is 0 Å². The molecule has 0 saturated carbocycles. The second-order valence-electron chi connectivity index (χ2n) is 4.59. The first kappa shape index (κ1) is 15.2. The van der Waals surface area contributed by atoms with E-state index in [1.807, 2.05) is 6.92 Å². The molecule has 7 heteroatoms. The van der Waals surface area contributed by atoms with Crippen molar-refractivity contribution in [2.24, 2.45) is 5.92 Å². The summed E-state index contributed by atoms with van der Waals surface area (Å²) >= 11 is 0. The fraction of sp³-hybridized carbons (Fsp3) is 0.909. The van der Waals surface area contributed by atoms with E-state index in [-0.39, 0.29) is 18.4 Å². The average Bonchev–Trinajstić information content (AvgIpc) is 2.68. The highest BCUT2D eigenvalue weighted by atomic mass is 19.4. The normalized spacial score (nSPS) is 21.2. The molecule has 0 bridgehead atoms. The number of rotatable bonds is 6. The molecule has 4 nitrogen and oxygen atoms in total. The number of hydrogen-bond acceptors (Lipinski definition) is 3. The number of alkyl halides is 3. The van der Waals surface area contributed by atoms with Gasteiger partial charge in [0.25, 0.3) is 0 Å². The molecule has 1 unspecified atom stereocenters. The molecule has 0 aromatic heterocycles. The average molecular weight is 267 g/mol. The molecule has 1 aliphatic heterocycles. The molecule has 2 N–H and O–H groups in total. The summed E-state index contributed by atoms with van der Waals surface area (Å²) in [6, 6.07) is 0. The standard InChI is InChI=1S/C11H20F3N3O/c1-2-15-6-10(18)16-5-9-3-4-17(7-9)8-11(12,13)14/h9,15H,2-8H2,1H3,(H,16,18). The predicted molar refractivity (Wildman–Crippen MR) is 62.2 cm³/mol. The summed E-state index contributed by atoms with van der Waals surface area (Å²) in [5.41, 5.74) is 0. The van der Waals surface area contributed by atoms with Crippen molar-refractivity contribution in [1.82, 2.24) is 15.5 Å². The Labute approximate surface area is 105 Å². The summed E-state index contributed by atoms with van der Waals surface area (Å²) in [4.78, 5) is 12.7. The van der Waals surface area contributed by atoms with Gasteiger partial charge in [0, 0.05) is 13.1 Å². The number of nitrogens with one attached hydrogen (secondary N) is 2. The van der Waals surface area contributed by atoms with Crippen molar-refractivity contribution in [3.05, 3.63) is 0 Å². The summed E-state index contributed by atoms with van der Waals surface area (Å²) in [7, 11) is 0. The Hall–Kier alpha value is -0.820. The van der Waals surface area contributed by atoms with E-state index in [2.05, 4.69) is 10.6 Å². The molecule has 1 fully saturated rings. The van der Waals surface area contributed by atoms with Crippen molar-refractivity contribution >= 4 is 5.91 Å². The molecule has 0 radical (unpaired) electrons. The van der Waals surface area contributed by atoms with Crippen molar-refractivity contribution in [3.63, 3.8) is 0 Å². The minimum Gasteiger partial charge on any atom is -0.355 e. The lowest BCUT2D eigenvalue weighted by atomic mass is 10.1. The molecule has 1 rings (SSSR count). The van der Waals surface area contributed by atoms with Crippen LogP contribution in [0.25, 0.3) is 0 Å². The first-order valence-corrected chi connectivity index (χ1v) is 6.17. The van der Waals surface area contributed by atoms with Crippen molar-refractivity contribution in [1.29, 1.82) is 0 Å². The topological polar surface area (TPSA) is 44.4 Å². The summed E-state index contributed by atoms with van der Waals surface area (Å²) in [6.45, 7) is 3.34. The lowest BCUT2D eigenvalue weighted by molar-refractivity contribution is -0.143. The number of carbonyl (C=O) groups is 1. The highest BCUT2D eigenvalue weighted by Gasteiger charge is 2.34. The predicted octanol–water partition coefficient (Wildman–Crippen LogP) is 0.596. The number of likely N-dealkylation sites (tertiary alicyclic amines) is 1. The molecular formula is C11H20F3N3O. The third-order valence-electron chi connectivity index (χ3n) is 2.90. The molecule has 1 amide bonds. The van der Waals surface area contributed by atoms with Crippen molar-refractivity contribution in [2.45, 2.75) is 19.5 Å². The molecule has 0 aromatic carbocycles. The highest BCUT2D eigenvalue weighted by molar-refractivity contribution is 5.77. The van der Waals surface area contributed by atoms with Gasteiger partial charge in [-0.05, 0) is 25.4 Å². The number of nitrogens with zero attached hydrogens (tertiary/aromatic N) is 1. The van der Waals surface area contributed by atoms with Gasteiger partial charge < -0.3 is 10.6 Å². The molecule has 1 atom stereocenters. The van der Waals surface area contributed by atoms with Crippen LogP contribution >= 0.6 is 0 Å². The second kappa shape index (κ2) is 6.94. The molecule has 1 saturated heterocycles. The second-order valence-corrected chi connectivity index (χ2v) is 4.59. The monoisotopic (exact) mass is 267 g/mol. The number of hydrogen-bond donors (Lipinski definition) is 2. The molecule has 106 valence electrons. The Morgan fingerprint density at radius 1 is 1.44 bits per heavy atom. The smallest absolute Gasteiger partial charge is 0.355 e. The third kappa shape index (κ3) is 6.20. The maximum atomic E-state index is 12.2. The van der Waals surface area contributed by atoms with Gasteiger partial charge >= 0.3 is 6.18 Å². The summed E-state index contributed by atoms with van der Waals surface area (Å²) in [5.74, 6) is 0.0176. The Morgan fingerprint density at radius 3 is 2.78 bits per heavy atom. The Balaban J connectivity index is 2.16. The highest BCUT2D eigenvalue weighted by Crippen LogP contribution is 2.22. The lowest BCUT2D eigenvalue weighted by Gasteiger charge is -2.18. The van der Waals surface area contributed by atoms with E-state index < -0.39 is 12.7 Å². The van der Waals surface area contributed by atoms with Crippen molar-refractivity contribution in [2.75, 3.05) is 39.3 Å². The van der Waals surface area contributed by atoms with Gasteiger partial charge in [-0.2, -0.15) is 13.2 Å². The van der Waals surface area contributed by atoms with Crippen LogP contribution in [0, 0.1) is 5.92 Å². The van der Waals surface area contributed by atoms with Gasteiger partial charge in [-0.1, -0.05) is 6.92 Å². The zero-order valence-electron chi connectivity index (χ0n) is 10.5. The summed E-state index contributed by atoms with van der Waals surface area (Å²) in [6.07, 6.45) is -3.43. The Bertz CT molecular complexity index is 271. The van der Waals surface area contributed by atoms with Gasteiger partial charge in [-0.25, -0.2) is 0 Å². The van der Waals surface area contributed by atoms with Crippen LogP contribution in [0.5, 0.6) is 0 Å². The van der Waals surface area contributed by atoms with Crippen LogP contribution in [0.1, 0.15) is 13.3 Å². The van der Waals surface area contributed by atoms with Crippen LogP contribution in [0.15, 0.2) is 0 Å². The van der Waals surface area contributed by atoms with Crippen LogP contribution in [0.4, 0.5) is 13.2 Å². The van der Waals surface area contributed by atoms with E-state index in [1.165, 1.54) is 4.90 Å². The summed E-state index contributed by atoms with van der Waals surface area (Å²) in [5, 5.41) is 5.63. The van der Waals surface area contributed by atoms with Gasteiger partial charge in [-0.15, -0.1) is 0 Å². The maximum absolute atomic E-state index is 12.2. The van der Waals surface area contributed by atoms with Crippen LogP contribution in [0.2, 0.25) is 0 Å². The fourth-order valence-corrected chi connectivity index (χ4v) is 2.04. The molecular weight excluding hydrogens is 247 g/mol. The number of carbonyl (C=O) groups excluding carboxylic acids is 1. The molecule has 0 spiro atoms. The van der Waals surface area contributed by atoms with E-state index in [9.17, 15) is 18.0 Å². The minimum atomic E-state index is -4.14.